The first-order valence-corrected chi connectivity index (χ1v) is 12.9. The number of piperidine rings is 1. The van der Waals surface area contributed by atoms with Crippen molar-refractivity contribution in [2.45, 2.75) is 37.1 Å². The summed E-state index contributed by atoms with van der Waals surface area (Å²) < 4.78 is 1.04. The molecule has 1 aromatic heterocycles. The lowest BCUT2D eigenvalue weighted by Crippen LogP contribution is -2.56. The van der Waals surface area contributed by atoms with Crippen LogP contribution in [0.25, 0.3) is 6.08 Å². The van der Waals surface area contributed by atoms with Crippen LogP contribution < -0.4 is 0 Å². The number of amides is 1. The third kappa shape index (κ3) is 4.87. The highest BCUT2D eigenvalue weighted by Crippen LogP contribution is 2.50. The second-order valence-electron chi connectivity index (χ2n) is 9.09. The lowest BCUT2D eigenvalue weighted by atomic mass is 9.58. The highest BCUT2D eigenvalue weighted by atomic mass is 79.9. The van der Waals surface area contributed by atoms with Gasteiger partial charge in [-0.15, -0.1) is 17.9 Å². The highest BCUT2D eigenvalue weighted by molar-refractivity contribution is 9.10. The van der Waals surface area contributed by atoms with Crippen molar-refractivity contribution < 1.29 is 9.90 Å². The fourth-order valence-corrected chi connectivity index (χ4v) is 6.89. The maximum Gasteiger partial charge on any atom is 0.246 e. The van der Waals surface area contributed by atoms with Crippen LogP contribution in [-0.4, -0.2) is 53.5 Å². The van der Waals surface area contributed by atoms with Crippen LogP contribution >= 0.6 is 27.3 Å². The van der Waals surface area contributed by atoms with Crippen LogP contribution in [0.4, 0.5) is 0 Å². The SMILES string of the molecule is C=CCN1CC[C@@]2(c3cccc(O)c3)C[C@@H](N(C)C(=O)/C=C/c3cc(Br)cs3)CC[C@@H]2C1. The Balaban J connectivity index is 1.55. The molecule has 1 saturated heterocycles. The van der Waals surface area contributed by atoms with E-state index in [1.54, 1.807) is 23.5 Å². The molecule has 1 aliphatic heterocycles. The molecule has 2 fully saturated rings. The van der Waals surface area contributed by atoms with Gasteiger partial charge in [-0.3, -0.25) is 9.69 Å². The summed E-state index contributed by atoms with van der Waals surface area (Å²) in [5.41, 5.74) is 1.20. The average Bonchev–Trinajstić information content (AvgIpc) is 3.22. The molecule has 32 heavy (non-hydrogen) atoms. The molecule has 1 N–H and O–H groups in total. The topological polar surface area (TPSA) is 43.8 Å². The third-order valence-electron chi connectivity index (χ3n) is 7.26. The molecule has 0 spiro atoms. The number of carbonyl (C=O) groups excluding carboxylic acids is 1. The van der Waals surface area contributed by atoms with Gasteiger partial charge in [0.05, 0.1) is 0 Å². The van der Waals surface area contributed by atoms with Crippen molar-refractivity contribution >= 4 is 39.2 Å². The van der Waals surface area contributed by atoms with Crippen molar-refractivity contribution in [1.29, 1.82) is 0 Å². The first-order chi connectivity index (χ1) is 15.4. The van der Waals surface area contributed by atoms with E-state index in [4.69, 9.17) is 0 Å². The summed E-state index contributed by atoms with van der Waals surface area (Å²) in [6.45, 7) is 6.88. The molecule has 2 aliphatic rings. The number of likely N-dealkylation sites (tertiary alicyclic amines) is 1. The van der Waals surface area contributed by atoms with Gasteiger partial charge in [0, 0.05) is 52.4 Å². The fourth-order valence-electron chi connectivity index (χ4n) is 5.55. The number of nitrogens with zero attached hydrogens (tertiary/aromatic N) is 2. The molecule has 1 aliphatic carbocycles. The molecule has 2 heterocycles. The lowest BCUT2D eigenvalue weighted by molar-refractivity contribution is -0.128. The molecule has 4 nitrogen and oxygen atoms in total. The van der Waals surface area contributed by atoms with E-state index in [1.165, 1.54) is 5.56 Å². The van der Waals surface area contributed by atoms with Gasteiger partial charge in [-0.05, 0) is 83.9 Å². The Bertz CT molecular complexity index is 1000. The Morgan fingerprint density at radius 1 is 1.41 bits per heavy atom. The standard InChI is InChI=1S/C26H31BrN2O2S/c1-3-12-29-13-11-26(19-5-4-6-23(30)14-19)16-22(8-7-20(26)17-29)28(2)25(31)10-9-24-15-21(27)18-32-24/h3-6,9-10,14-15,18,20,22,30H,1,7-8,11-13,16-17H2,2H3/b10-9+/t20-,22+,26+/m1/s1. The van der Waals surface area contributed by atoms with Gasteiger partial charge < -0.3 is 10.0 Å². The summed E-state index contributed by atoms with van der Waals surface area (Å²) in [5, 5.41) is 12.2. The molecule has 0 radical (unpaired) electrons. The van der Waals surface area contributed by atoms with E-state index in [0.29, 0.717) is 11.7 Å². The maximum atomic E-state index is 13.0. The zero-order valence-electron chi connectivity index (χ0n) is 18.5. The molecule has 0 bridgehead atoms. The van der Waals surface area contributed by atoms with Crippen LogP contribution in [0.5, 0.6) is 5.75 Å². The zero-order chi connectivity index (χ0) is 22.7. The van der Waals surface area contributed by atoms with E-state index in [-0.39, 0.29) is 17.4 Å². The van der Waals surface area contributed by atoms with Crippen molar-refractivity contribution in [3.8, 4) is 5.75 Å². The van der Waals surface area contributed by atoms with Gasteiger partial charge >= 0.3 is 0 Å². The molecule has 1 saturated carbocycles. The van der Waals surface area contributed by atoms with Gasteiger partial charge in [0.15, 0.2) is 0 Å². The van der Waals surface area contributed by atoms with Crippen molar-refractivity contribution in [3.05, 3.63) is 69.4 Å². The number of carbonyl (C=O) groups is 1. The minimum absolute atomic E-state index is 0.0177. The van der Waals surface area contributed by atoms with Crippen LogP contribution in [0, 0.1) is 5.92 Å². The van der Waals surface area contributed by atoms with Crippen molar-refractivity contribution in [3.63, 3.8) is 0 Å². The quantitative estimate of drug-likeness (QED) is 0.397. The first kappa shape index (κ1) is 23.3. The smallest absolute Gasteiger partial charge is 0.246 e. The summed E-state index contributed by atoms with van der Waals surface area (Å²) in [4.78, 5) is 18.5. The zero-order valence-corrected chi connectivity index (χ0v) is 20.9. The van der Waals surface area contributed by atoms with Crippen molar-refractivity contribution in [2.24, 2.45) is 5.92 Å². The van der Waals surface area contributed by atoms with Crippen LogP contribution in [0.2, 0.25) is 0 Å². The van der Waals surface area contributed by atoms with Crippen LogP contribution in [0.3, 0.4) is 0 Å². The number of hydrogen-bond acceptors (Lipinski definition) is 4. The van der Waals surface area contributed by atoms with Crippen LogP contribution in [0.15, 0.2) is 58.9 Å². The van der Waals surface area contributed by atoms with Crippen molar-refractivity contribution in [2.75, 3.05) is 26.7 Å². The number of phenols is 1. The van der Waals surface area contributed by atoms with Gasteiger partial charge in [-0.25, -0.2) is 0 Å². The molecule has 1 aromatic carbocycles. The molecule has 3 atom stereocenters. The molecule has 4 rings (SSSR count). The average molecular weight is 516 g/mol. The van der Waals surface area contributed by atoms with Crippen LogP contribution in [0.1, 0.15) is 36.1 Å². The Morgan fingerprint density at radius 3 is 2.97 bits per heavy atom. The molecule has 1 amide bonds. The summed E-state index contributed by atoms with van der Waals surface area (Å²) in [5.74, 6) is 0.880. The number of aromatic hydroxyl groups is 1. The number of rotatable bonds is 6. The highest BCUT2D eigenvalue weighted by Gasteiger charge is 2.49. The maximum absolute atomic E-state index is 13.0. The van der Waals surface area contributed by atoms with E-state index < -0.39 is 0 Å². The molecular weight excluding hydrogens is 484 g/mol. The number of thiophene rings is 1. The van der Waals surface area contributed by atoms with Crippen LogP contribution in [-0.2, 0) is 10.2 Å². The van der Waals surface area contributed by atoms with E-state index >= 15 is 0 Å². The first-order valence-electron chi connectivity index (χ1n) is 11.2. The van der Waals surface area contributed by atoms with E-state index in [0.717, 1.165) is 54.7 Å². The van der Waals surface area contributed by atoms with Gasteiger partial charge in [0.2, 0.25) is 5.91 Å². The Labute approximate surface area is 203 Å². The summed E-state index contributed by atoms with van der Waals surface area (Å²) in [6, 6.07) is 10.0. The molecule has 6 heteroatoms. The molecule has 170 valence electrons. The second kappa shape index (κ2) is 9.94. The normalized spacial score (nSPS) is 26.1. The number of phenolic OH excluding ortho intramolecular Hbond substituents is 1. The van der Waals surface area contributed by atoms with E-state index in [9.17, 15) is 9.90 Å². The summed E-state index contributed by atoms with van der Waals surface area (Å²) in [7, 11) is 1.94. The van der Waals surface area contributed by atoms with Gasteiger partial charge in [0.1, 0.15) is 5.75 Å². The predicted octanol–water partition coefficient (Wildman–Crippen LogP) is 5.69. The molecule has 0 unspecified atom stereocenters. The second-order valence-corrected chi connectivity index (χ2v) is 10.9. The lowest BCUT2D eigenvalue weighted by Gasteiger charge is -2.54. The van der Waals surface area contributed by atoms with Gasteiger partial charge in [-0.1, -0.05) is 18.2 Å². The summed E-state index contributed by atoms with van der Waals surface area (Å²) in [6.07, 6.45) is 9.63. The fraction of sp³-hybridized carbons (Fsp3) is 0.423. The molecule has 2 aromatic rings. The number of fused-ring (bicyclic) bond motifs is 1. The monoisotopic (exact) mass is 514 g/mol. The number of hydrogen-bond donors (Lipinski definition) is 1. The minimum atomic E-state index is -0.0177. The van der Waals surface area contributed by atoms with E-state index in [2.05, 4.69) is 33.5 Å². The van der Waals surface area contributed by atoms with Crippen molar-refractivity contribution in [1.82, 2.24) is 9.80 Å². The Morgan fingerprint density at radius 2 is 2.25 bits per heavy atom. The number of halogens is 1. The molecular formula is C26H31BrN2O2S. The number of benzene rings is 1. The minimum Gasteiger partial charge on any atom is -0.508 e. The largest absolute Gasteiger partial charge is 0.508 e. The van der Waals surface area contributed by atoms with E-state index in [1.807, 2.05) is 47.7 Å². The predicted molar refractivity (Wildman–Crippen MR) is 136 cm³/mol. The number of likely N-dealkylation sites (N-methyl/N-ethyl adjacent to an activating group) is 1. The van der Waals surface area contributed by atoms with Gasteiger partial charge in [-0.2, -0.15) is 0 Å². The van der Waals surface area contributed by atoms with Gasteiger partial charge in [0.25, 0.3) is 0 Å². The Hall–Kier alpha value is -1.89. The summed E-state index contributed by atoms with van der Waals surface area (Å²) >= 11 is 5.08. The Kier molecular flexibility index (Phi) is 7.23. The third-order valence-corrected chi connectivity index (χ3v) is 8.92.